The first kappa shape index (κ1) is 18.5. The van der Waals surface area contributed by atoms with Crippen LogP contribution < -0.4 is 10.6 Å². The molecule has 0 radical (unpaired) electrons. The van der Waals surface area contributed by atoms with Crippen molar-refractivity contribution in [2.24, 2.45) is 17.8 Å². The van der Waals surface area contributed by atoms with Crippen molar-refractivity contribution < 1.29 is 9.53 Å². The van der Waals surface area contributed by atoms with Crippen molar-refractivity contribution >= 4 is 34.1 Å². The van der Waals surface area contributed by atoms with Gasteiger partial charge in [0.2, 0.25) is 11.0 Å². The molecular weight excluding hydrogens is 368 g/mol. The van der Waals surface area contributed by atoms with Gasteiger partial charge in [0.1, 0.15) is 0 Å². The molecule has 6 nitrogen and oxygen atoms in total. The van der Waals surface area contributed by atoms with E-state index < -0.39 is 0 Å². The summed E-state index contributed by atoms with van der Waals surface area (Å²) >= 11 is 2.99. The van der Waals surface area contributed by atoms with Crippen molar-refractivity contribution in [2.45, 2.75) is 60.6 Å². The maximum absolute atomic E-state index is 12.8. The van der Waals surface area contributed by atoms with E-state index in [1.165, 1.54) is 61.6 Å². The third-order valence-electron chi connectivity index (χ3n) is 6.06. The summed E-state index contributed by atoms with van der Waals surface area (Å²) in [5.74, 6) is 2.68. The molecule has 1 aromatic rings. The molecule has 26 heavy (non-hydrogen) atoms. The molecule has 4 aliphatic carbocycles. The molecule has 0 aromatic carbocycles. The highest BCUT2D eigenvalue weighted by atomic mass is 32.2. The number of nitrogens with zero attached hydrogens (tertiary/aromatic N) is 2. The van der Waals surface area contributed by atoms with Crippen molar-refractivity contribution in [1.29, 1.82) is 0 Å². The molecule has 0 unspecified atom stereocenters. The Morgan fingerprint density at radius 2 is 1.92 bits per heavy atom. The van der Waals surface area contributed by atoms with Crippen molar-refractivity contribution in [1.82, 2.24) is 15.5 Å². The lowest BCUT2D eigenvalue weighted by Crippen LogP contribution is -2.60. The van der Waals surface area contributed by atoms with Gasteiger partial charge in [-0.15, -0.1) is 10.2 Å². The summed E-state index contributed by atoms with van der Waals surface area (Å²) in [6.45, 7) is 3.31. The van der Waals surface area contributed by atoms with Crippen LogP contribution in [-0.2, 0) is 9.53 Å². The van der Waals surface area contributed by atoms with Crippen molar-refractivity contribution in [2.75, 3.05) is 25.6 Å². The molecule has 0 aliphatic heterocycles. The van der Waals surface area contributed by atoms with Gasteiger partial charge in [0.15, 0.2) is 4.34 Å². The van der Waals surface area contributed by atoms with E-state index in [9.17, 15) is 4.79 Å². The Bertz CT molecular complexity index is 616. The van der Waals surface area contributed by atoms with Gasteiger partial charge >= 0.3 is 0 Å². The predicted molar refractivity (Wildman–Crippen MR) is 105 cm³/mol. The molecule has 5 rings (SSSR count). The smallest absolute Gasteiger partial charge is 0.233 e. The van der Waals surface area contributed by atoms with Gasteiger partial charge in [-0.25, -0.2) is 0 Å². The van der Waals surface area contributed by atoms with Crippen LogP contribution in [0.5, 0.6) is 0 Å². The lowest BCUT2D eigenvalue weighted by atomic mass is 9.53. The third-order valence-corrected chi connectivity index (χ3v) is 8.13. The second-order valence-corrected chi connectivity index (χ2v) is 10.8. The number of amides is 1. The molecule has 0 saturated heterocycles. The zero-order chi connectivity index (χ0) is 18.1. The maximum Gasteiger partial charge on any atom is 0.233 e. The fourth-order valence-corrected chi connectivity index (χ4v) is 7.34. The van der Waals surface area contributed by atoms with Crippen LogP contribution in [0.25, 0.3) is 0 Å². The minimum atomic E-state index is -0.150. The van der Waals surface area contributed by atoms with Crippen LogP contribution in [0.4, 0.5) is 5.13 Å². The minimum Gasteiger partial charge on any atom is -0.383 e. The van der Waals surface area contributed by atoms with Crippen molar-refractivity contribution in [3.05, 3.63) is 0 Å². The standard InChI is InChI=1S/C18H28N4O2S2/c1-11(25-17-22-21-16(26-17)19-3-4-24-2)15(23)20-18-8-12-5-13(9-18)7-14(6-12)10-18/h11-14H,3-10H2,1-2H3,(H,19,21)(H,20,23)/t11-,12?,13?,14?,18?/m1/s1. The van der Waals surface area contributed by atoms with Crippen LogP contribution in [0.2, 0.25) is 0 Å². The van der Waals surface area contributed by atoms with Gasteiger partial charge < -0.3 is 15.4 Å². The van der Waals surface area contributed by atoms with Crippen LogP contribution >= 0.6 is 23.1 Å². The van der Waals surface area contributed by atoms with Crippen LogP contribution in [0.1, 0.15) is 45.4 Å². The summed E-state index contributed by atoms with van der Waals surface area (Å²) in [5, 5.41) is 15.6. The number of carbonyl (C=O) groups excluding carboxylic acids is 1. The van der Waals surface area contributed by atoms with Gasteiger partial charge in [-0.2, -0.15) is 0 Å². The maximum atomic E-state index is 12.8. The largest absolute Gasteiger partial charge is 0.383 e. The Hall–Kier alpha value is -0.860. The topological polar surface area (TPSA) is 76.1 Å². The molecule has 1 amide bonds. The molecule has 4 saturated carbocycles. The fraction of sp³-hybridized carbons (Fsp3) is 0.833. The first-order chi connectivity index (χ1) is 12.5. The predicted octanol–water partition coefficient (Wildman–Crippen LogP) is 3.16. The monoisotopic (exact) mass is 396 g/mol. The van der Waals surface area contributed by atoms with Crippen LogP contribution in [-0.4, -0.2) is 47.2 Å². The summed E-state index contributed by atoms with van der Waals surface area (Å²) < 4.78 is 5.85. The van der Waals surface area contributed by atoms with Crippen molar-refractivity contribution in [3.8, 4) is 0 Å². The van der Waals surface area contributed by atoms with E-state index in [-0.39, 0.29) is 16.7 Å². The Morgan fingerprint density at radius 3 is 2.54 bits per heavy atom. The van der Waals surface area contributed by atoms with E-state index in [0.717, 1.165) is 27.2 Å². The number of hydrogen-bond acceptors (Lipinski definition) is 7. The van der Waals surface area contributed by atoms with E-state index in [1.54, 1.807) is 7.11 Å². The molecule has 0 spiro atoms. The molecule has 1 atom stereocenters. The zero-order valence-electron chi connectivity index (χ0n) is 15.5. The Morgan fingerprint density at radius 1 is 1.27 bits per heavy atom. The molecule has 1 heterocycles. The second kappa shape index (κ2) is 7.64. The normalized spacial score (nSPS) is 33.2. The molecule has 4 aliphatic rings. The van der Waals surface area contributed by atoms with Gasteiger partial charge in [0, 0.05) is 19.2 Å². The van der Waals surface area contributed by atoms with Gasteiger partial charge in [-0.3, -0.25) is 4.79 Å². The zero-order valence-corrected chi connectivity index (χ0v) is 17.1. The number of nitrogens with one attached hydrogen (secondary N) is 2. The number of thioether (sulfide) groups is 1. The second-order valence-electron chi connectivity index (χ2n) is 8.24. The number of methoxy groups -OCH3 is 1. The average molecular weight is 397 g/mol. The first-order valence-electron chi connectivity index (χ1n) is 9.60. The molecule has 4 fully saturated rings. The van der Waals surface area contributed by atoms with Crippen LogP contribution in [0, 0.1) is 17.8 Å². The molecule has 1 aromatic heterocycles. The number of carbonyl (C=O) groups is 1. The summed E-state index contributed by atoms with van der Waals surface area (Å²) in [6.07, 6.45) is 7.74. The molecule has 2 N–H and O–H groups in total. The summed E-state index contributed by atoms with van der Waals surface area (Å²) in [7, 11) is 1.67. The third kappa shape index (κ3) is 4.02. The van der Waals surface area contributed by atoms with Gasteiger partial charge in [-0.05, 0) is 63.2 Å². The van der Waals surface area contributed by atoms with Crippen LogP contribution in [0.3, 0.4) is 0 Å². The number of ether oxygens (including phenoxy) is 1. The van der Waals surface area contributed by atoms with E-state index in [1.807, 2.05) is 6.92 Å². The quantitative estimate of drug-likeness (QED) is 0.519. The number of rotatable bonds is 8. The SMILES string of the molecule is COCCNc1nnc(S[C@H](C)C(=O)NC23CC4CC(CC(C4)C2)C3)s1. The average Bonchev–Trinajstić information content (AvgIpc) is 3.00. The number of hydrogen-bond donors (Lipinski definition) is 2. The van der Waals surface area contributed by atoms with E-state index in [0.29, 0.717) is 13.2 Å². The Kier molecular flexibility index (Phi) is 5.43. The van der Waals surface area contributed by atoms with Gasteiger partial charge in [0.05, 0.1) is 11.9 Å². The summed E-state index contributed by atoms with van der Waals surface area (Å²) in [5.41, 5.74) is 0.0780. The summed E-state index contributed by atoms with van der Waals surface area (Å²) in [4.78, 5) is 12.8. The molecule has 4 bridgehead atoms. The fourth-order valence-electron chi connectivity index (χ4n) is 5.42. The van der Waals surface area contributed by atoms with E-state index in [4.69, 9.17) is 4.74 Å². The Balaban J connectivity index is 1.31. The lowest BCUT2D eigenvalue weighted by molar-refractivity contribution is -0.126. The van der Waals surface area contributed by atoms with Crippen molar-refractivity contribution in [3.63, 3.8) is 0 Å². The molecular formula is C18H28N4O2S2. The van der Waals surface area contributed by atoms with Crippen LogP contribution in [0.15, 0.2) is 4.34 Å². The Labute approximate surface area is 163 Å². The number of aromatic nitrogens is 2. The van der Waals surface area contributed by atoms with Gasteiger partial charge in [-0.1, -0.05) is 23.1 Å². The van der Waals surface area contributed by atoms with Gasteiger partial charge in [0.25, 0.3) is 0 Å². The molecule has 144 valence electrons. The van der Waals surface area contributed by atoms with E-state index in [2.05, 4.69) is 20.8 Å². The lowest BCUT2D eigenvalue weighted by Gasteiger charge is -2.57. The highest BCUT2D eigenvalue weighted by Gasteiger charge is 2.51. The first-order valence-corrected chi connectivity index (χ1v) is 11.3. The molecule has 8 heteroatoms. The highest BCUT2D eigenvalue weighted by molar-refractivity contribution is 8.02. The highest BCUT2D eigenvalue weighted by Crippen LogP contribution is 2.55. The number of anilines is 1. The summed E-state index contributed by atoms with van der Waals surface area (Å²) in [6, 6.07) is 0. The van der Waals surface area contributed by atoms with E-state index >= 15 is 0 Å². The minimum absolute atomic E-state index is 0.0780.